The Balaban J connectivity index is 2.26. The summed E-state index contributed by atoms with van der Waals surface area (Å²) < 4.78 is 7.24. The number of thioether (sulfide) groups is 1. The van der Waals surface area contributed by atoms with Gasteiger partial charge in [-0.2, -0.15) is 0 Å². The van der Waals surface area contributed by atoms with Gasteiger partial charge in [0.05, 0.1) is 12.3 Å². The van der Waals surface area contributed by atoms with E-state index < -0.39 is 6.04 Å². The van der Waals surface area contributed by atoms with E-state index in [2.05, 4.69) is 15.5 Å². The molecule has 1 aromatic carbocycles. The molecule has 0 aliphatic rings. The number of nitrogens with one attached hydrogen (secondary N) is 1. The van der Waals surface area contributed by atoms with E-state index in [9.17, 15) is 4.79 Å². The second-order valence-electron chi connectivity index (χ2n) is 4.99. The lowest BCUT2D eigenvalue weighted by Crippen LogP contribution is -2.27. The van der Waals surface area contributed by atoms with E-state index in [1.165, 1.54) is 11.8 Å². The van der Waals surface area contributed by atoms with Crippen molar-refractivity contribution in [2.24, 2.45) is 0 Å². The van der Waals surface area contributed by atoms with Gasteiger partial charge in [0.15, 0.2) is 5.16 Å². The highest BCUT2D eigenvalue weighted by atomic mass is 32.2. The average molecular weight is 349 g/mol. The van der Waals surface area contributed by atoms with Gasteiger partial charge in [0.1, 0.15) is 11.8 Å². The molecule has 0 spiro atoms. The number of nitrogen functional groups attached to an aromatic ring is 1. The molecule has 1 unspecified atom stereocenters. The Morgan fingerprint density at radius 3 is 2.75 bits per heavy atom. The first kappa shape index (κ1) is 18.1. The average Bonchev–Trinajstić information content (AvgIpc) is 2.92. The standard InChI is InChI=1S/C16H23N5O2S/c1-4-12(21-15(17)19-20-16(21)24-6-3)14(22)18-11-9-7-8-10-13(11)23-5-2/h7-10,12H,4-6H2,1-3H3,(H2,17,19)(H,18,22). The van der Waals surface area contributed by atoms with Crippen LogP contribution < -0.4 is 15.8 Å². The number of para-hydroxylation sites is 2. The van der Waals surface area contributed by atoms with Crippen molar-refractivity contribution >= 4 is 29.3 Å². The fraction of sp³-hybridized carbons (Fsp3) is 0.438. The van der Waals surface area contributed by atoms with Crippen molar-refractivity contribution in [1.82, 2.24) is 14.8 Å². The molecule has 0 saturated carbocycles. The van der Waals surface area contributed by atoms with Crippen molar-refractivity contribution in [3.8, 4) is 5.75 Å². The number of carbonyl (C=O) groups is 1. The normalized spacial score (nSPS) is 12.0. The van der Waals surface area contributed by atoms with Crippen LogP contribution in [0.4, 0.5) is 11.6 Å². The van der Waals surface area contributed by atoms with Crippen molar-refractivity contribution in [1.29, 1.82) is 0 Å². The van der Waals surface area contributed by atoms with Crippen molar-refractivity contribution in [2.45, 2.75) is 38.4 Å². The van der Waals surface area contributed by atoms with Crippen LogP contribution in [0.3, 0.4) is 0 Å². The Labute approximate surface area is 146 Å². The number of amides is 1. The van der Waals surface area contributed by atoms with Crippen LogP contribution in [0.25, 0.3) is 0 Å². The van der Waals surface area contributed by atoms with Crippen LogP contribution in [-0.2, 0) is 4.79 Å². The lowest BCUT2D eigenvalue weighted by molar-refractivity contribution is -0.119. The van der Waals surface area contributed by atoms with Crippen molar-refractivity contribution < 1.29 is 9.53 Å². The zero-order valence-corrected chi connectivity index (χ0v) is 15.0. The zero-order chi connectivity index (χ0) is 17.5. The molecule has 8 heteroatoms. The number of rotatable bonds is 8. The Morgan fingerprint density at radius 1 is 1.33 bits per heavy atom. The first-order valence-electron chi connectivity index (χ1n) is 7.98. The highest BCUT2D eigenvalue weighted by Crippen LogP contribution is 2.28. The molecule has 1 amide bonds. The van der Waals surface area contributed by atoms with Gasteiger partial charge >= 0.3 is 0 Å². The summed E-state index contributed by atoms with van der Waals surface area (Å²) in [5, 5.41) is 11.5. The third-order valence-corrected chi connectivity index (χ3v) is 4.24. The van der Waals surface area contributed by atoms with Gasteiger partial charge < -0.3 is 15.8 Å². The van der Waals surface area contributed by atoms with E-state index in [1.807, 2.05) is 45.0 Å². The molecule has 3 N–H and O–H groups in total. The third-order valence-electron chi connectivity index (χ3n) is 3.41. The molecule has 0 fully saturated rings. The summed E-state index contributed by atoms with van der Waals surface area (Å²) in [6.45, 7) is 6.37. The molecule has 7 nitrogen and oxygen atoms in total. The lowest BCUT2D eigenvalue weighted by atomic mass is 10.2. The smallest absolute Gasteiger partial charge is 0.247 e. The highest BCUT2D eigenvalue weighted by molar-refractivity contribution is 7.99. The lowest BCUT2D eigenvalue weighted by Gasteiger charge is -2.20. The molecule has 1 heterocycles. The van der Waals surface area contributed by atoms with E-state index in [1.54, 1.807) is 4.57 Å². The summed E-state index contributed by atoms with van der Waals surface area (Å²) in [6, 6.07) is 6.87. The van der Waals surface area contributed by atoms with Gasteiger partial charge in [-0.1, -0.05) is 37.7 Å². The van der Waals surface area contributed by atoms with Crippen LogP contribution in [0.15, 0.2) is 29.4 Å². The minimum Gasteiger partial charge on any atom is -0.492 e. The van der Waals surface area contributed by atoms with E-state index in [0.717, 1.165) is 5.75 Å². The molecular formula is C16H23N5O2S. The van der Waals surface area contributed by atoms with Crippen LogP contribution in [-0.4, -0.2) is 33.0 Å². The number of benzene rings is 1. The number of nitrogens with two attached hydrogens (primary N) is 1. The Hall–Kier alpha value is -2.22. The van der Waals surface area contributed by atoms with Crippen LogP contribution in [0.2, 0.25) is 0 Å². The van der Waals surface area contributed by atoms with E-state index in [-0.39, 0.29) is 11.9 Å². The number of aromatic nitrogens is 3. The van der Waals surface area contributed by atoms with Gasteiger partial charge in [0, 0.05) is 0 Å². The van der Waals surface area contributed by atoms with Gasteiger partial charge in [-0.3, -0.25) is 9.36 Å². The van der Waals surface area contributed by atoms with Crippen molar-refractivity contribution in [2.75, 3.05) is 23.4 Å². The summed E-state index contributed by atoms with van der Waals surface area (Å²) >= 11 is 1.51. The van der Waals surface area contributed by atoms with Gasteiger partial charge in [0.25, 0.3) is 0 Å². The zero-order valence-electron chi connectivity index (χ0n) is 14.2. The van der Waals surface area contributed by atoms with E-state index >= 15 is 0 Å². The van der Waals surface area contributed by atoms with Crippen molar-refractivity contribution in [3.05, 3.63) is 24.3 Å². The fourth-order valence-electron chi connectivity index (χ4n) is 2.36. The number of carbonyl (C=O) groups excluding carboxylic acids is 1. The number of ether oxygens (including phenoxy) is 1. The van der Waals surface area contributed by atoms with Gasteiger partial charge in [-0.15, -0.1) is 10.2 Å². The maximum atomic E-state index is 12.8. The van der Waals surface area contributed by atoms with Crippen LogP contribution in [0.1, 0.15) is 33.2 Å². The summed E-state index contributed by atoms with van der Waals surface area (Å²) in [4.78, 5) is 12.8. The minimum absolute atomic E-state index is 0.172. The molecule has 0 bridgehead atoms. The molecule has 0 radical (unpaired) electrons. The van der Waals surface area contributed by atoms with Gasteiger partial charge in [-0.25, -0.2) is 0 Å². The Kier molecular flexibility index (Phi) is 6.48. The predicted molar refractivity (Wildman–Crippen MR) is 96.4 cm³/mol. The number of anilines is 2. The largest absolute Gasteiger partial charge is 0.492 e. The molecule has 0 aliphatic heterocycles. The molecule has 2 rings (SSSR count). The molecule has 0 aliphatic carbocycles. The molecule has 0 saturated heterocycles. The summed E-state index contributed by atoms with van der Waals surface area (Å²) in [7, 11) is 0. The van der Waals surface area contributed by atoms with E-state index in [4.69, 9.17) is 10.5 Å². The van der Waals surface area contributed by atoms with Crippen LogP contribution in [0, 0.1) is 0 Å². The minimum atomic E-state index is -0.483. The maximum absolute atomic E-state index is 12.8. The number of hydrogen-bond acceptors (Lipinski definition) is 6. The van der Waals surface area contributed by atoms with Gasteiger partial charge in [0.2, 0.25) is 11.9 Å². The van der Waals surface area contributed by atoms with Gasteiger partial charge in [-0.05, 0) is 31.2 Å². The van der Waals surface area contributed by atoms with Crippen LogP contribution >= 0.6 is 11.8 Å². The Bertz CT molecular complexity index is 689. The number of nitrogens with zero attached hydrogens (tertiary/aromatic N) is 3. The monoisotopic (exact) mass is 349 g/mol. The number of hydrogen-bond donors (Lipinski definition) is 2. The SMILES string of the molecule is CCOc1ccccc1NC(=O)C(CC)n1c(N)nnc1SCC. The molecule has 24 heavy (non-hydrogen) atoms. The molecule has 130 valence electrons. The Morgan fingerprint density at radius 2 is 2.08 bits per heavy atom. The van der Waals surface area contributed by atoms with Crippen molar-refractivity contribution in [3.63, 3.8) is 0 Å². The predicted octanol–water partition coefficient (Wildman–Crippen LogP) is 2.96. The second-order valence-corrected chi connectivity index (χ2v) is 6.22. The second kappa shape index (κ2) is 8.58. The highest BCUT2D eigenvalue weighted by Gasteiger charge is 2.25. The quantitative estimate of drug-likeness (QED) is 0.712. The third kappa shape index (κ3) is 4.00. The first-order chi connectivity index (χ1) is 11.6. The van der Waals surface area contributed by atoms with E-state index in [0.29, 0.717) is 29.6 Å². The summed E-state index contributed by atoms with van der Waals surface area (Å²) in [5.74, 6) is 1.53. The fourth-order valence-corrected chi connectivity index (χ4v) is 3.08. The molecule has 2 aromatic rings. The van der Waals surface area contributed by atoms with Crippen LogP contribution in [0.5, 0.6) is 5.75 Å². The summed E-state index contributed by atoms with van der Waals surface area (Å²) in [5.41, 5.74) is 6.57. The maximum Gasteiger partial charge on any atom is 0.247 e. The molecular weight excluding hydrogens is 326 g/mol. The topological polar surface area (TPSA) is 95.1 Å². The first-order valence-corrected chi connectivity index (χ1v) is 8.96. The molecule has 1 atom stereocenters. The molecule has 1 aromatic heterocycles. The summed E-state index contributed by atoms with van der Waals surface area (Å²) in [6.07, 6.45) is 0.572.